The van der Waals surface area contributed by atoms with E-state index in [1.165, 1.54) is 28.6 Å². The van der Waals surface area contributed by atoms with Crippen molar-refractivity contribution in [2.75, 3.05) is 13.1 Å². The maximum atomic E-state index is 13.7. The molecule has 0 aromatic heterocycles. The van der Waals surface area contributed by atoms with Crippen LogP contribution in [-0.4, -0.2) is 66.7 Å². The van der Waals surface area contributed by atoms with Gasteiger partial charge < -0.3 is 20.5 Å². The first-order valence-corrected chi connectivity index (χ1v) is 16.2. The average Bonchev–Trinajstić information content (AvgIpc) is 2.90. The summed E-state index contributed by atoms with van der Waals surface area (Å²) in [4.78, 5) is 37.0. The molecule has 0 radical (unpaired) electrons. The van der Waals surface area contributed by atoms with Crippen molar-refractivity contribution in [2.24, 2.45) is 16.5 Å². The fraction of sp³-hybridized carbons (Fsp3) is 0.562. The van der Waals surface area contributed by atoms with Crippen LogP contribution in [0, 0.1) is 16.2 Å². The van der Waals surface area contributed by atoms with E-state index in [-0.39, 0.29) is 36.9 Å². The first kappa shape index (κ1) is 36.8. The van der Waals surface area contributed by atoms with E-state index in [0.717, 1.165) is 5.56 Å². The number of carbonyl (C=O) groups is 2. The molecule has 44 heavy (non-hydrogen) atoms. The van der Waals surface area contributed by atoms with Gasteiger partial charge in [0.1, 0.15) is 18.2 Å². The molecule has 0 heterocycles. The first-order valence-electron chi connectivity index (χ1n) is 14.7. The Morgan fingerprint density at radius 3 is 2.00 bits per heavy atom. The van der Waals surface area contributed by atoms with E-state index in [1.54, 1.807) is 41.5 Å². The minimum absolute atomic E-state index is 0.0120. The fourth-order valence-corrected chi connectivity index (χ4v) is 6.14. The van der Waals surface area contributed by atoms with Crippen molar-refractivity contribution in [1.29, 1.82) is 0 Å². The van der Waals surface area contributed by atoms with Gasteiger partial charge in [-0.05, 0) is 61.8 Å². The highest BCUT2D eigenvalue weighted by Crippen LogP contribution is 2.23. The highest BCUT2D eigenvalue weighted by molar-refractivity contribution is 7.89. The molecule has 11 nitrogen and oxygen atoms in total. The van der Waals surface area contributed by atoms with E-state index in [2.05, 4.69) is 15.8 Å². The summed E-state index contributed by atoms with van der Waals surface area (Å²) < 4.78 is 34.0. The number of ether oxygens (including phenoxy) is 1. The van der Waals surface area contributed by atoms with Crippen LogP contribution in [0.4, 0.5) is 4.79 Å². The normalized spacial score (nSPS) is 14.5. The zero-order valence-corrected chi connectivity index (χ0v) is 27.8. The van der Waals surface area contributed by atoms with Crippen LogP contribution in [0.3, 0.4) is 0 Å². The lowest BCUT2D eigenvalue weighted by Crippen LogP contribution is -2.59. The summed E-state index contributed by atoms with van der Waals surface area (Å²) in [6.45, 7) is 14.0. The lowest BCUT2D eigenvalue weighted by atomic mass is 9.85. The number of amides is 2. The minimum Gasteiger partial charge on any atom is -0.444 e. The van der Waals surface area contributed by atoms with Crippen LogP contribution >= 0.6 is 0 Å². The summed E-state index contributed by atoms with van der Waals surface area (Å²) in [7, 11) is -4.05. The predicted molar refractivity (Wildman–Crippen MR) is 170 cm³/mol. The molecule has 0 fully saturated rings. The number of hydrogen-bond acceptors (Lipinski definition) is 8. The molecule has 2 amide bonds. The van der Waals surface area contributed by atoms with Crippen LogP contribution in [0.25, 0.3) is 0 Å². The SMILES string of the molecule is CC(C)CN(C[C@@H](O)[C@H](Cc1ccccc1)NC(=O)[C@@H](NC(=O)OC(C)(C)C)C(C)(C)C)S(=O)(=O)c1ccc(CN=O)cc1. The Morgan fingerprint density at radius 2 is 1.50 bits per heavy atom. The molecule has 0 bridgehead atoms. The van der Waals surface area contributed by atoms with Crippen LogP contribution in [0.1, 0.15) is 66.5 Å². The van der Waals surface area contributed by atoms with Crippen molar-refractivity contribution in [3.8, 4) is 0 Å². The lowest BCUT2D eigenvalue weighted by Gasteiger charge is -2.35. The van der Waals surface area contributed by atoms with Gasteiger partial charge in [0.25, 0.3) is 0 Å². The minimum atomic E-state index is -4.05. The molecule has 0 unspecified atom stereocenters. The number of carbonyl (C=O) groups excluding carboxylic acids is 2. The Bertz CT molecular complexity index is 1340. The first-order chi connectivity index (χ1) is 20.3. The molecule has 0 aliphatic carbocycles. The molecular formula is C32H48N4O7S. The maximum absolute atomic E-state index is 13.7. The van der Waals surface area contributed by atoms with E-state index < -0.39 is 51.2 Å². The van der Waals surface area contributed by atoms with E-state index in [0.29, 0.717) is 5.56 Å². The second-order valence-electron chi connectivity index (χ2n) is 13.5. The number of nitrogens with zero attached hydrogens (tertiary/aromatic N) is 2. The number of sulfonamides is 1. The quantitative estimate of drug-likeness (QED) is 0.257. The summed E-state index contributed by atoms with van der Waals surface area (Å²) in [5.74, 6) is -0.609. The third-order valence-corrected chi connectivity index (χ3v) is 8.49. The standard InChI is InChI=1S/C32H48N4O7S/c1-22(2)20-36(44(41,42)25-16-14-24(15-17-25)19-33-40)21-27(37)26(18-23-12-10-9-11-13-23)34-29(38)28(31(3,4)5)35-30(39)43-32(6,7)8/h9-17,22,26-28,37H,18-21H2,1-8H3,(H,34,38)(H,35,39)/t26-,27+,28+/m0/s1. The van der Waals surface area contributed by atoms with Crippen LogP contribution in [-0.2, 0) is 32.5 Å². The van der Waals surface area contributed by atoms with Crippen molar-refractivity contribution >= 4 is 22.0 Å². The summed E-state index contributed by atoms with van der Waals surface area (Å²) in [6, 6.07) is 13.2. The Hall–Kier alpha value is -3.35. The molecule has 3 atom stereocenters. The van der Waals surface area contributed by atoms with Crippen molar-refractivity contribution in [1.82, 2.24) is 14.9 Å². The molecular weight excluding hydrogens is 584 g/mol. The van der Waals surface area contributed by atoms with Gasteiger partial charge in [0.15, 0.2) is 0 Å². The van der Waals surface area contributed by atoms with Crippen molar-refractivity contribution in [3.63, 3.8) is 0 Å². The lowest BCUT2D eigenvalue weighted by molar-refractivity contribution is -0.127. The molecule has 0 saturated heterocycles. The largest absolute Gasteiger partial charge is 0.444 e. The van der Waals surface area contributed by atoms with Crippen LogP contribution in [0.15, 0.2) is 64.7 Å². The molecule has 2 aromatic carbocycles. The molecule has 0 spiro atoms. The highest BCUT2D eigenvalue weighted by Gasteiger charge is 2.37. The number of alkyl carbamates (subject to hydrolysis) is 1. The summed E-state index contributed by atoms with van der Waals surface area (Å²) in [5.41, 5.74) is -0.0937. The van der Waals surface area contributed by atoms with Gasteiger partial charge in [-0.25, -0.2) is 13.2 Å². The Labute approximate surface area is 261 Å². The van der Waals surface area contributed by atoms with Crippen molar-refractivity contribution in [3.05, 3.63) is 70.6 Å². The zero-order valence-electron chi connectivity index (χ0n) is 27.0. The van der Waals surface area contributed by atoms with E-state index in [9.17, 15) is 28.0 Å². The molecule has 2 rings (SSSR count). The second-order valence-corrected chi connectivity index (χ2v) is 15.4. The Balaban J connectivity index is 2.40. The molecule has 0 saturated carbocycles. The van der Waals surface area contributed by atoms with Gasteiger partial charge in [-0.15, -0.1) is 0 Å². The predicted octanol–water partition coefficient (Wildman–Crippen LogP) is 4.63. The molecule has 0 aliphatic heterocycles. The number of hydrogen-bond donors (Lipinski definition) is 3. The molecule has 0 aliphatic rings. The topological polar surface area (TPSA) is 154 Å². The number of benzene rings is 2. The molecule has 2 aromatic rings. The number of rotatable bonds is 14. The van der Waals surface area contributed by atoms with E-state index >= 15 is 0 Å². The van der Waals surface area contributed by atoms with Gasteiger partial charge in [0, 0.05) is 13.1 Å². The van der Waals surface area contributed by atoms with Crippen LogP contribution in [0.2, 0.25) is 0 Å². The highest BCUT2D eigenvalue weighted by atomic mass is 32.2. The van der Waals surface area contributed by atoms with Gasteiger partial charge in [-0.1, -0.05) is 82.3 Å². The summed E-state index contributed by atoms with van der Waals surface area (Å²) in [5, 5.41) is 20.0. The third-order valence-electron chi connectivity index (χ3n) is 6.65. The van der Waals surface area contributed by atoms with Crippen LogP contribution in [0.5, 0.6) is 0 Å². The number of aliphatic hydroxyl groups excluding tert-OH is 1. The monoisotopic (exact) mass is 632 g/mol. The third kappa shape index (κ3) is 11.6. The van der Waals surface area contributed by atoms with Crippen molar-refractivity contribution < 1.29 is 27.9 Å². The van der Waals surface area contributed by atoms with E-state index in [1.807, 2.05) is 44.2 Å². The smallest absolute Gasteiger partial charge is 0.408 e. The van der Waals surface area contributed by atoms with Crippen LogP contribution < -0.4 is 10.6 Å². The zero-order chi connectivity index (χ0) is 33.3. The van der Waals surface area contributed by atoms with Gasteiger partial charge >= 0.3 is 6.09 Å². The molecule has 12 heteroatoms. The van der Waals surface area contributed by atoms with Gasteiger partial charge in [-0.3, -0.25) is 4.79 Å². The average molecular weight is 633 g/mol. The maximum Gasteiger partial charge on any atom is 0.408 e. The van der Waals surface area contributed by atoms with E-state index in [4.69, 9.17) is 4.74 Å². The fourth-order valence-electron chi connectivity index (χ4n) is 4.52. The Morgan fingerprint density at radius 1 is 0.909 bits per heavy atom. The summed E-state index contributed by atoms with van der Waals surface area (Å²) in [6.07, 6.45) is -1.86. The van der Waals surface area contributed by atoms with Gasteiger partial charge in [-0.2, -0.15) is 9.21 Å². The Kier molecular flexibility index (Phi) is 13.0. The van der Waals surface area contributed by atoms with Crippen molar-refractivity contribution in [2.45, 2.75) is 97.0 Å². The molecule has 3 N–H and O–H groups in total. The van der Waals surface area contributed by atoms with Gasteiger partial charge in [0.05, 0.1) is 17.0 Å². The summed E-state index contributed by atoms with van der Waals surface area (Å²) >= 11 is 0. The number of nitroso groups, excluding NO2 is 1. The molecule has 244 valence electrons. The second kappa shape index (κ2) is 15.6. The number of aliphatic hydroxyl groups is 1. The number of nitrogens with one attached hydrogen (secondary N) is 2. The van der Waals surface area contributed by atoms with Gasteiger partial charge in [0.2, 0.25) is 15.9 Å².